The van der Waals surface area contributed by atoms with Crippen LogP contribution in [0, 0.1) is 6.92 Å². The number of carboxylic acid groups (broad SMARTS) is 1. The predicted octanol–water partition coefficient (Wildman–Crippen LogP) is 3.45. The van der Waals surface area contributed by atoms with Crippen molar-refractivity contribution in [3.8, 4) is 0 Å². The van der Waals surface area contributed by atoms with Gasteiger partial charge in [-0.1, -0.05) is 18.2 Å². The van der Waals surface area contributed by atoms with Gasteiger partial charge in [0, 0.05) is 17.4 Å². The molecule has 0 fully saturated rings. The summed E-state index contributed by atoms with van der Waals surface area (Å²) in [6, 6.07) is 0. The van der Waals surface area contributed by atoms with Crippen molar-refractivity contribution >= 4 is 33.8 Å². The van der Waals surface area contributed by atoms with Crippen LogP contribution in [-0.2, 0) is 4.79 Å². The lowest BCUT2D eigenvalue weighted by molar-refractivity contribution is -0.114. The molecule has 1 aromatic heterocycles. The molecule has 2 rings (SSSR count). The predicted molar refractivity (Wildman–Crippen MR) is 76.7 cm³/mol. The summed E-state index contributed by atoms with van der Waals surface area (Å²) in [6.45, 7) is 3.26. The lowest BCUT2D eigenvalue weighted by Crippen LogP contribution is -2.09. The van der Waals surface area contributed by atoms with Crippen LogP contribution in [0.4, 0.5) is 5.00 Å². The molecule has 5 heteroatoms. The van der Waals surface area contributed by atoms with Gasteiger partial charge in [0.2, 0.25) is 5.91 Å². The zero-order valence-electron chi connectivity index (χ0n) is 10.8. The zero-order chi connectivity index (χ0) is 14.0. The first kappa shape index (κ1) is 13.5. The molecule has 4 nitrogen and oxygen atoms in total. The van der Waals surface area contributed by atoms with Gasteiger partial charge >= 0.3 is 5.97 Å². The molecule has 1 aliphatic carbocycles. The lowest BCUT2D eigenvalue weighted by Gasteiger charge is -2.10. The van der Waals surface area contributed by atoms with Crippen molar-refractivity contribution in [3.05, 3.63) is 34.2 Å². The van der Waals surface area contributed by atoms with Gasteiger partial charge in [-0.25, -0.2) is 4.79 Å². The second kappa shape index (κ2) is 5.40. The lowest BCUT2D eigenvalue weighted by atomic mass is 9.94. The molecular formula is C14H15NO3S. The number of anilines is 1. The summed E-state index contributed by atoms with van der Waals surface area (Å²) in [5, 5.41) is 12.4. The summed E-state index contributed by atoms with van der Waals surface area (Å²) in [5.41, 5.74) is 1.98. The number of carboxylic acids is 1. The van der Waals surface area contributed by atoms with Crippen molar-refractivity contribution in [2.24, 2.45) is 0 Å². The van der Waals surface area contributed by atoms with Gasteiger partial charge in [-0.05, 0) is 25.3 Å². The third-order valence-corrected chi connectivity index (χ3v) is 3.94. The standard InChI is InChI=1S/C14H15NO3S/c1-8-11(10-6-4-3-5-7-10)12(14(17)18)13(19-8)15-9(2)16/h3-4,6H,5,7H2,1-2H3,(H,15,16)(H,17,18). The van der Waals surface area contributed by atoms with E-state index in [2.05, 4.69) is 11.4 Å². The molecule has 2 N–H and O–H groups in total. The molecule has 19 heavy (non-hydrogen) atoms. The molecule has 1 heterocycles. The first-order valence-electron chi connectivity index (χ1n) is 6.01. The molecule has 0 unspecified atom stereocenters. The molecule has 0 saturated heterocycles. The van der Waals surface area contributed by atoms with Gasteiger partial charge in [-0.15, -0.1) is 11.3 Å². The van der Waals surface area contributed by atoms with Crippen molar-refractivity contribution in [1.82, 2.24) is 0 Å². The van der Waals surface area contributed by atoms with Crippen molar-refractivity contribution in [2.45, 2.75) is 26.7 Å². The van der Waals surface area contributed by atoms with Crippen LogP contribution in [0.25, 0.3) is 5.57 Å². The summed E-state index contributed by atoms with van der Waals surface area (Å²) < 4.78 is 0. The summed E-state index contributed by atoms with van der Waals surface area (Å²) in [6.07, 6.45) is 7.69. The van der Waals surface area contributed by atoms with E-state index in [1.54, 1.807) is 0 Å². The molecule has 0 aromatic carbocycles. The Kier molecular flexibility index (Phi) is 3.85. The molecule has 0 radical (unpaired) electrons. The SMILES string of the molecule is CC(=O)Nc1sc(C)c(C2=CC=CCC2)c1C(=O)O. The molecule has 0 spiro atoms. The van der Waals surface area contributed by atoms with Crippen LogP contribution in [0.1, 0.15) is 40.6 Å². The Morgan fingerprint density at radius 1 is 1.42 bits per heavy atom. The Morgan fingerprint density at radius 3 is 2.68 bits per heavy atom. The monoisotopic (exact) mass is 277 g/mol. The first-order valence-corrected chi connectivity index (χ1v) is 6.82. The Balaban J connectivity index is 2.56. The van der Waals surface area contributed by atoms with Crippen LogP contribution in [0.15, 0.2) is 18.2 Å². The molecule has 0 bridgehead atoms. The number of hydrogen-bond acceptors (Lipinski definition) is 3. The average Bonchev–Trinajstić information content (AvgIpc) is 2.66. The largest absolute Gasteiger partial charge is 0.478 e. The van der Waals surface area contributed by atoms with Gasteiger partial charge in [0.15, 0.2) is 0 Å². The van der Waals surface area contributed by atoms with E-state index in [1.807, 2.05) is 19.1 Å². The minimum absolute atomic E-state index is 0.208. The number of aromatic carboxylic acids is 1. The van der Waals surface area contributed by atoms with Crippen LogP contribution in [0.3, 0.4) is 0 Å². The number of aryl methyl sites for hydroxylation is 1. The van der Waals surface area contributed by atoms with Crippen LogP contribution in [0.2, 0.25) is 0 Å². The molecule has 0 atom stereocenters. The van der Waals surface area contributed by atoms with Gasteiger partial charge in [0.05, 0.1) is 0 Å². The fourth-order valence-electron chi connectivity index (χ4n) is 2.19. The molecular weight excluding hydrogens is 262 g/mol. The van der Waals surface area contributed by atoms with Crippen molar-refractivity contribution in [1.29, 1.82) is 0 Å². The Hall–Kier alpha value is -1.88. The topological polar surface area (TPSA) is 66.4 Å². The van der Waals surface area contributed by atoms with E-state index >= 15 is 0 Å². The highest BCUT2D eigenvalue weighted by Gasteiger charge is 2.24. The van der Waals surface area contributed by atoms with Gasteiger partial charge in [-0.3, -0.25) is 4.79 Å². The van der Waals surface area contributed by atoms with Crippen molar-refractivity contribution < 1.29 is 14.7 Å². The fourth-order valence-corrected chi connectivity index (χ4v) is 3.32. The summed E-state index contributed by atoms with van der Waals surface area (Å²) in [7, 11) is 0. The van der Waals surface area contributed by atoms with Crippen LogP contribution >= 0.6 is 11.3 Å². The summed E-state index contributed by atoms with van der Waals surface area (Å²) >= 11 is 1.31. The minimum Gasteiger partial charge on any atom is -0.478 e. The molecule has 1 aromatic rings. The number of carbonyl (C=O) groups is 2. The Bertz CT molecular complexity index is 596. The molecule has 0 saturated carbocycles. The quantitative estimate of drug-likeness (QED) is 0.889. The fraction of sp³-hybridized carbons (Fsp3) is 0.286. The maximum Gasteiger partial charge on any atom is 0.339 e. The minimum atomic E-state index is -1.00. The number of nitrogens with one attached hydrogen (secondary N) is 1. The van der Waals surface area contributed by atoms with Gasteiger partial charge in [0.25, 0.3) is 0 Å². The zero-order valence-corrected chi connectivity index (χ0v) is 11.6. The number of carbonyl (C=O) groups excluding carboxylic acids is 1. The second-order valence-electron chi connectivity index (χ2n) is 4.38. The van der Waals surface area contributed by atoms with Crippen LogP contribution in [0.5, 0.6) is 0 Å². The van der Waals surface area contributed by atoms with E-state index in [0.717, 1.165) is 28.9 Å². The summed E-state index contributed by atoms with van der Waals surface area (Å²) in [4.78, 5) is 23.6. The van der Waals surface area contributed by atoms with E-state index in [1.165, 1.54) is 18.3 Å². The van der Waals surface area contributed by atoms with E-state index in [9.17, 15) is 14.7 Å². The third kappa shape index (κ3) is 2.76. The molecule has 0 aliphatic heterocycles. The average molecular weight is 277 g/mol. The highest BCUT2D eigenvalue weighted by Crippen LogP contribution is 2.39. The van der Waals surface area contributed by atoms with Crippen molar-refractivity contribution in [3.63, 3.8) is 0 Å². The van der Waals surface area contributed by atoms with E-state index in [0.29, 0.717) is 5.00 Å². The van der Waals surface area contributed by atoms with Gasteiger partial charge in [0.1, 0.15) is 10.6 Å². The maximum absolute atomic E-state index is 11.5. The number of hydrogen-bond donors (Lipinski definition) is 2. The van der Waals surface area contributed by atoms with Gasteiger partial charge in [-0.2, -0.15) is 0 Å². The smallest absolute Gasteiger partial charge is 0.339 e. The van der Waals surface area contributed by atoms with E-state index < -0.39 is 5.97 Å². The maximum atomic E-state index is 11.5. The first-order chi connectivity index (χ1) is 9.00. The number of allylic oxidation sites excluding steroid dienone is 4. The summed E-state index contributed by atoms with van der Waals surface area (Å²) in [5.74, 6) is -1.26. The number of rotatable bonds is 3. The van der Waals surface area contributed by atoms with Crippen LogP contribution in [-0.4, -0.2) is 17.0 Å². The van der Waals surface area contributed by atoms with Crippen LogP contribution < -0.4 is 5.32 Å². The second-order valence-corrected chi connectivity index (χ2v) is 5.61. The highest BCUT2D eigenvalue weighted by atomic mass is 32.1. The Morgan fingerprint density at radius 2 is 2.16 bits per heavy atom. The Labute approximate surface area is 115 Å². The van der Waals surface area contributed by atoms with E-state index in [4.69, 9.17) is 0 Å². The normalized spacial score (nSPS) is 14.1. The van der Waals surface area contributed by atoms with Crippen molar-refractivity contribution in [2.75, 3.05) is 5.32 Å². The van der Waals surface area contributed by atoms with E-state index in [-0.39, 0.29) is 11.5 Å². The molecule has 100 valence electrons. The highest BCUT2D eigenvalue weighted by molar-refractivity contribution is 7.17. The molecule has 1 amide bonds. The number of amides is 1. The van der Waals surface area contributed by atoms with Gasteiger partial charge < -0.3 is 10.4 Å². The molecule has 1 aliphatic rings. The number of thiophene rings is 1. The third-order valence-electron chi connectivity index (χ3n) is 2.92.